The van der Waals surface area contributed by atoms with Crippen LogP contribution in [0.1, 0.15) is 40.9 Å². The predicted octanol–water partition coefficient (Wildman–Crippen LogP) is 5.68. The number of carbonyl (C=O) groups excluding carboxylic acids is 3. The minimum Gasteiger partial charge on any atom is -0.363 e. The molecule has 3 aromatic rings. The van der Waals surface area contributed by atoms with Crippen LogP contribution in [0.2, 0.25) is 0 Å². The highest BCUT2D eigenvalue weighted by Crippen LogP contribution is 2.38. The van der Waals surface area contributed by atoms with Gasteiger partial charge in [0.05, 0.1) is 22.5 Å². The monoisotopic (exact) mass is 642 g/mol. The van der Waals surface area contributed by atoms with Crippen LogP contribution in [0.4, 0.5) is 46.5 Å². The van der Waals surface area contributed by atoms with E-state index in [-0.39, 0.29) is 23.0 Å². The standard InChI is InChI=1S/C30H26F8N4O3/c1-28(2,40-25(43)17-4-6-20(31)7-5-17)27(45)39-22-15-42(23-9-8-21(32)13-24(23)41(3)26(22)44)14-16-10-18(29(33,34)35)12-19(11-16)30(36,37)38/h4-13,22H,14-15H2,1-3H3,(H,39,45)(H,40,43)/t22-/m1/s1. The van der Waals surface area contributed by atoms with Crippen molar-refractivity contribution < 1.29 is 49.5 Å². The Kier molecular flexibility index (Phi) is 8.86. The predicted molar refractivity (Wildman–Crippen MR) is 147 cm³/mol. The van der Waals surface area contributed by atoms with Crippen molar-refractivity contribution in [3.8, 4) is 0 Å². The van der Waals surface area contributed by atoms with Gasteiger partial charge in [0.2, 0.25) is 5.91 Å². The summed E-state index contributed by atoms with van der Waals surface area (Å²) in [4.78, 5) is 41.7. The van der Waals surface area contributed by atoms with E-state index >= 15 is 0 Å². The Bertz CT molecular complexity index is 1590. The van der Waals surface area contributed by atoms with Gasteiger partial charge in [0.1, 0.15) is 23.2 Å². The lowest BCUT2D eigenvalue weighted by molar-refractivity contribution is -0.143. The van der Waals surface area contributed by atoms with E-state index in [1.165, 1.54) is 44.0 Å². The van der Waals surface area contributed by atoms with Gasteiger partial charge in [0, 0.05) is 25.7 Å². The number of benzene rings is 3. The summed E-state index contributed by atoms with van der Waals surface area (Å²) in [5, 5.41) is 4.95. The molecule has 7 nitrogen and oxygen atoms in total. The lowest BCUT2D eigenvalue weighted by Gasteiger charge is -2.30. The molecule has 15 heteroatoms. The number of likely N-dealkylation sites (N-methyl/N-ethyl adjacent to an activating group) is 1. The maximum absolute atomic E-state index is 14.3. The molecule has 3 aromatic carbocycles. The van der Waals surface area contributed by atoms with E-state index < -0.39 is 83.1 Å². The zero-order chi connectivity index (χ0) is 33.5. The first-order chi connectivity index (χ1) is 20.8. The van der Waals surface area contributed by atoms with E-state index in [4.69, 9.17) is 0 Å². The molecule has 0 aliphatic carbocycles. The molecule has 1 heterocycles. The van der Waals surface area contributed by atoms with Crippen LogP contribution in [0.5, 0.6) is 0 Å². The molecule has 0 unspecified atom stereocenters. The van der Waals surface area contributed by atoms with Crippen LogP contribution < -0.4 is 20.4 Å². The molecule has 0 saturated carbocycles. The lowest BCUT2D eigenvalue weighted by Crippen LogP contribution is -2.60. The first-order valence-corrected chi connectivity index (χ1v) is 13.3. The number of fused-ring (bicyclic) bond motifs is 1. The van der Waals surface area contributed by atoms with Gasteiger partial charge >= 0.3 is 12.4 Å². The molecule has 4 rings (SSSR count). The summed E-state index contributed by atoms with van der Waals surface area (Å²) in [6.07, 6.45) is -10.2. The summed E-state index contributed by atoms with van der Waals surface area (Å²) >= 11 is 0. The van der Waals surface area contributed by atoms with E-state index in [0.29, 0.717) is 12.1 Å². The zero-order valence-corrected chi connectivity index (χ0v) is 23.9. The third-order valence-electron chi connectivity index (χ3n) is 7.10. The number of nitrogens with one attached hydrogen (secondary N) is 2. The summed E-state index contributed by atoms with van der Waals surface area (Å²) in [7, 11) is 1.26. The Labute approximate surface area is 251 Å². The average molecular weight is 643 g/mol. The van der Waals surface area contributed by atoms with Crippen LogP contribution >= 0.6 is 0 Å². The van der Waals surface area contributed by atoms with Crippen molar-refractivity contribution >= 4 is 29.1 Å². The van der Waals surface area contributed by atoms with Crippen molar-refractivity contribution in [2.45, 2.75) is 44.3 Å². The van der Waals surface area contributed by atoms with Gasteiger partial charge in [0.25, 0.3) is 11.8 Å². The fraction of sp³-hybridized carbons (Fsp3) is 0.300. The molecular weight excluding hydrogens is 616 g/mol. The second-order valence-corrected chi connectivity index (χ2v) is 10.9. The SMILES string of the molecule is CN1C(=O)[C@H](NC(=O)C(C)(C)NC(=O)c2ccc(F)cc2)CN(Cc2cc(C(F)(F)F)cc(C(F)(F)F)c2)c2ccc(F)cc21. The number of anilines is 2. The summed E-state index contributed by atoms with van der Waals surface area (Å²) in [6.45, 7) is 1.59. The van der Waals surface area contributed by atoms with Crippen molar-refractivity contribution in [1.29, 1.82) is 0 Å². The van der Waals surface area contributed by atoms with Crippen molar-refractivity contribution in [2.75, 3.05) is 23.4 Å². The van der Waals surface area contributed by atoms with E-state index in [2.05, 4.69) is 10.6 Å². The van der Waals surface area contributed by atoms with Crippen molar-refractivity contribution in [3.05, 3.63) is 94.6 Å². The third kappa shape index (κ3) is 7.52. The van der Waals surface area contributed by atoms with Gasteiger partial charge in [-0.05, 0) is 80.1 Å². The molecule has 1 aliphatic heterocycles. The van der Waals surface area contributed by atoms with Crippen LogP contribution in [-0.2, 0) is 28.5 Å². The minimum absolute atomic E-state index is 0.0160. The number of amides is 3. The molecule has 240 valence electrons. The molecule has 0 fully saturated rings. The summed E-state index contributed by atoms with van der Waals surface area (Å²) in [5.74, 6) is -3.77. The first kappa shape index (κ1) is 33.2. The van der Waals surface area contributed by atoms with Crippen LogP contribution in [0.3, 0.4) is 0 Å². The van der Waals surface area contributed by atoms with Gasteiger partial charge < -0.3 is 20.4 Å². The van der Waals surface area contributed by atoms with Gasteiger partial charge in [0.15, 0.2) is 0 Å². The average Bonchev–Trinajstić information content (AvgIpc) is 3.02. The van der Waals surface area contributed by atoms with Crippen LogP contribution in [0.25, 0.3) is 0 Å². The molecule has 1 atom stereocenters. The Balaban J connectivity index is 1.67. The third-order valence-corrected chi connectivity index (χ3v) is 7.10. The van der Waals surface area contributed by atoms with E-state index in [1.807, 2.05) is 0 Å². The van der Waals surface area contributed by atoms with Crippen LogP contribution in [0, 0.1) is 11.6 Å². The second-order valence-electron chi connectivity index (χ2n) is 10.9. The molecule has 0 spiro atoms. The maximum Gasteiger partial charge on any atom is 0.416 e. The maximum atomic E-state index is 14.3. The van der Waals surface area contributed by atoms with Gasteiger partial charge in [-0.25, -0.2) is 8.78 Å². The minimum atomic E-state index is -5.10. The number of hydrogen-bond acceptors (Lipinski definition) is 4. The largest absolute Gasteiger partial charge is 0.416 e. The van der Waals surface area contributed by atoms with Crippen LogP contribution in [-0.4, -0.2) is 42.9 Å². The second kappa shape index (κ2) is 12.0. The summed E-state index contributed by atoms with van der Waals surface area (Å²) in [6, 6.07) is 7.25. The number of rotatable bonds is 6. The van der Waals surface area contributed by atoms with E-state index in [1.54, 1.807) is 0 Å². The quantitative estimate of drug-likeness (QED) is 0.340. The van der Waals surface area contributed by atoms with Crippen molar-refractivity contribution in [3.63, 3.8) is 0 Å². The van der Waals surface area contributed by atoms with Crippen molar-refractivity contribution in [1.82, 2.24) is 10.6 Å². The normalized spacial score (nSPS) is 15.8. The molecule has 3 amide bonds. The zero-order valence-electron chi connectivity index (χ0n) is 23.9. The topological polar surface area (TPSA) is 81.8 Å². The number of halogens is 8. The van der Waals surface area contributed by atoms with E-state index in [0.717, 1.165) is 29.2 Å². The molecule has 45 heavy (non-hydrogen) atoms. The fourth-order valence-corrected chi connectivity index (χ4v) is 4.72. The van der Waals surface area contributed by atoms with Gasteiger partial charge in [-0.1, -0.05) is 0 Å². The van der Waals surface area contributed by atoms with E-state index in [9.17, 15) is 49.5 Å². The molecule has 2 N–H and O–H groups in total. The van der Waals surface area contributed by atoms with Crippen LogP contribution in [0.15, 0.2) is 60.7 Å². The molecule has 1 aliphatic rings. The van der Waals surface area contributed by atoms with Gasteiger partial charge in [-0.2, -0.15) is 26.3 Å². The molecule has 0 saturated heterocycles. The smallest absolute Gasteiger partial charge is 0.363 e. The Morgan fingerprint density at radius 2 is 1.38 bits per heavy atom. The molecule has 0 aromatic heterocycles. The number of hydrogen-bond donors (Lipinski definition) is 2. The summed E-state index contributed by atoms with van der Waals surface area (Å²) < 4.78 is 109. The Morgan fingerprint density at radius 1 is 0.822 bits per heavy atom. The highest BCUT2D eigenvalue weighted by molar-refractivity contribution is 6.04. The Morgan fingerprint density at radius 3 is 1.93 bits per heavy atom. The lowest BCUT2D eigenvalue weighted by atomic mass is 10.0. The molecular formula is C30H26F8N4O3. The van der Waals surface area contributed by atoms with Gasteiger partial charge in [-0.15, -0.1) is 0 Å². The molecule has 0 radical (unpaired) electrons. The number of nitrogens with zero attached hydrogens (tertiary/aromatic N) is 2. The first-order valence-electron chi connectivity index (χ1n) is 13.3. The fourth-order valence-electron chi connectivity index (χ4n) is 4.72. The Hall–Kier alpha value is -4.69. The van der Waals surface area contributed by atoms with Crippen molar-refractivity contribution in [2.24, 2.45) is 0 Å². The highest BCUT2D eigenvalue weighted by atomic mass is 19.4. The number of carbonyl (C=O) groups is 3. The molecule has 0 bridgehead atoms. The highest BCUT2D eigenvalue weighted by Gasteiger charge is 2.39. The van der Waals surface area contributed by atoms with Gasteiger partial charge in [-0.3, -0.25) is 14.4 Å². The summed E-state index contributed by atoms with van der Waals surface area (Å²) in [5.41, 5.74) is -5.09. The number of alkyl halides is 6.